The first-order valence-electron chi connectivity index (χ1n) is 50.2. The summed E-state index contributed by atoms with van der Waals surface area (Å²) in [4.78, 5) is 133. The summed E-state index contributed by atoms with van der Waals surface area (Å²) in [6, 6.07) is 1.46. The number of H-pyrrole nitrogens is 5. The molecule has 31 nitrogen and oxygen atoms in total. The zero-order chi connectivity index (χ0) is 101. The number of nitrogens with zero attached hydrogens (tertiary/aromatic N) is 16. The number of alkyl halides is 5. The lowest BCUT2D eigenvalue weighted by atomic mass is 9.90. The van der Waals surface area contributed by atoms with Gasteiger partial charge in [0.1, 0.15) is 117 Å². The number of likely N-dealkylation sites (N-methyl/N-ethyl adjacent to an activating group) is 1. The third-order valence-electron chi connectivity index (χ3n) is 30.9. The number of carbonyl (C=O) groups is 5. The van der Waals surface area contributed by atoms with Gasteiger partial charge in [0.25, 0.3) is 0 Å². The van der Waals surface area contributed by atoms with Crippen LogP contribution in [0.2, 0.25) is 0 Å². The third kappa shape index (κ3) is 22.3. The molecule has 0 bridgehead atoms. The van der Waals surface area contributed by atoms with Crippen molar-refractivity contribution >= 4 is 114 Å². The van der Waals surface area contributed by atoms with Gasteiger partial charge in [0, 0.05) is 172 Å². The predicted molar refractivity (Wildman–Crippen MR) is 543 cm³/mol. The number of amides is 5. The van der Waals surface area contributed by atoms with E-state index in [1.165, 1.54) is 49.9 Å². The summed E-state index contributed by atoms with van der Waals surface area (Å²) >= 11 is 0. The van der Waals surface area contributed by atoms with Gasteiger partial charge >= 0.3 is 0 Å². The van der Waals surface area contributed by atoms with E-state index in [4.69, 9.17) is 0 Å². The Morgan fingerprint density at radius 3 is 0.830 bits per heavy atom. The van der Waals surface area contributed by atoms with E-state index in [0.29, 0.717) is 145 Å². The van der Waals surface area contributed by atoms with Crippen LogP contribution in [0.25, 0.3) is 55.2 Å². The van der Waals surface area contributed by atoms with E-state index in [9.17, 15) is 45.9 Å². The van der Waals surface area contributed by atoms with Gasteiger partial charge in [-0.1, -0.05) is 73.9 Å². The van der Waals surface area contributed by atoms with Crippen molar-refractivity contribution in [3.63, 3.8) is 0 Å². The van der Waals surface area contributed by atoms with Crippen LogP contribution in [0.15, 0.2) is 125 Å². The highest BCUT2D eigenvalue weighted by molar-refractivity contribution is 5.97. The lowest BCUT2D eigenvalue weighted by Crippen LogP contribution is -2.52. The van der Waals surface area contributed by atoms with Crippen molar-refractivity contribution < 1.29 is 45.9 Å². The van der Waals surface area contributed by atoms with Crippen molar-refractivity contribution in [2.24, 2.45) is 17.8 Å². The summed E-state index contributed by atoms with van der Waals surface area (Å²) in [5.41, 5.74) is 2.96. The van der Waals surface area contributed by atoms with Gasteiger partial charge in [0.2, 0.25) is 29.5 Å². The number of anilines is 5. The first-order chi connectivity index (χ1) is 67.0. The van der Waals surface area contributed by atoms with E-state index in [2.05, 4.69) is 183 Å². The van der Waals surface area contributed by atoms with Gasteiger partial charge in [0.15, 0.2) is 0 Å². The summed E-state index contributed by atoms with van der Waals surface area (Å²) in [6.45, 7) is 45.5. The first-order valence-corrected chi connectivity index (χ1v) is 50.2. The topological polar surface area (TPSA) is 373 Å². The fourth-order valence-electron chi connectivity index (χ4n) is 22.0. The van der Waals surface area contributed by atoms with Gasteiger partial charge in [-0.3, -0.25) is 24.0 Å². The molecular formula is C105H141F5N26O5. The van der Waals surface area contributed by atoms with Gasteiger partial charge in [-0.25, -0.2) is 71.8 Å². The molecule has 0 aromatic carbocycles. The molecule has 0 radical (unpaired) electrons. The molecule has 5 saturated carbocycles. The predicted octanol–water partition coefficient (Wildman–Crippen LogP) is 18.0. The highest BCUT2D eigenvalue weighted by Crippen LogP contribution is 2.61. The van der Waals surface area contributed by atoms with Crippen LogP contribution in [-0.4, -0.2) is 276 Å². The van der Waals surface area contributed by atoms with Gasteiger partial charge in [0.05, 0.1) is 26.9 Å². The van der Waals surface area contributed by atoms with Crippen LogP contribution in [-0.2, 0) is 24.0 Å². The molecule has 15 heterocycles. The van der Waals surface area contributed by atoms with Crippen LogP contribution in [0, 0.1) is 17.8 Å². The fraction of sp³-hybridized carbons (Fsp3) is 0.571. The molecule has 5 unspecified atom stereocenters. The van der Waals surface area contributed by atoms with Gasteiger partial charge < -0.3 is 80.9 Å². The Bertz CT molecular complexity index is 5950. The lowest BCUT2D eigenvalue weighted by molar-refractivity contribution is -0.131. The maximum Gasteiger partial charge on any atom is 0.249 e. The second kappa shape index (κ2) is 41.0. The monoisotopic (exact) mass is 1940 g/mol. The minimum absolute atomic E-state index is 0.00431. The number of aromatic nitrogens is 15. The van der Waals surface area contributed by atoms with Crippen molar-refractivity contribution in [1.82, 2.24) is 104 Å². The molecule has 36 heteroatoms. The molecule has 10 fully saturated rings. The number of carbonyl (C=O) groups excluding carboxylic acids is 5. The number of hydrogen-bond donors (Lipinski definition) is 10. The van der Waals surface area contributed by atoms with Crippen LogP contribution in [0.3, 0.4) is 0 Å². The van der Waals surface area contributed by atoms with Gasteiger partial charge in [-0.05, 0) is 230 Å². The minimum atomic E-state index is -1.16. The zero-order valence-corrected chi connectivity index (χ0v) is 84.3. The van der Waals surface area contributed by atoms with Crippen LogP contribution in [0.5, 0.6) is 0 Å². The van der Waals surface area contributed by atoms with E-state index in [0.717, 1.165) is 126 Å². The standard InChI is InChI=1S/C22H31FN6O.3C21H28FN5O.C20H26FN5O/c1-14-7-8-15(12-29(14)18(30)6-5-9-28(3)4)27-21-19-16(17-10-22(17,2)23)11-24-20(19)25-13-26-21;3*1-5-17(28)27-10-13(6-7-16(27)12(2)3)26-20-18-14(15-8-21(15,4)22)9-23-19(18)24-11-25-20;1-11(2)19(27)26-9-13(6-5-12(26)3)25-18-16-14(15-7-20(15,4)21)8-22-17(16)23-10-24-18/h5-6,11,13-15,17H,7-10,12H2,1-4H3,(H2,24,25,26,27);3*5,9,11-13,15-16H,1,6-8,10H2,2-4H3,(H2,23,24,25,26);8,10,12-13,15H,1,5-7,9H2,2-4H3,(H2,22,23,24,25)/b6-5+;;;;/t14-,15+,17-,22?;2*13-,15+,16-,21?;13-,15-,16-,21?;12-,13+,15+,20?/m01010/s1. The van der Waals surface area contributed by atoms with E-state index in [1.54, 1.807) is 47.6 Å². The van der Waals surface area contributed by atoms with Crippen LogP contribution >= 0.6 is 0 Å². The van der Waals surface area contributed by atoms with Crippen LogP contribution in [0.4, 0.5) is 51.0 Å². The molecule has 5 amide bonds. The maximum absolute atomic E-state index is 14.4. The number of likely N-dealkylation sites (tertiary alicyclic amines) is 5. The molecule has 20 atom stereocenters. The minimum Gasteiger partial charge on any atom is -0.365 e. The normalized spacial score (nSPS) is 29.8. The van der Waals surface area contributed by atoms with Crippen LogP contribution < -0.4 is 26.6 Å². The number of nitrogens with one attached hydrogen (secondary N) is 10. The quantitative estimate of drug-likeness (QED) is 0.0188. The molecule has 10 aromatic heterocycles. The first kappa shape index (κ1) is 102. The fourth-order valence-corrected chi connectivity index (χ4v) is 22.0. The Balaban J connectivity index is 0.000000127. The molecule has 141 heavy (non-hydrogen) atoms. The average Bonchev–Trinajstić information content (AvgIpc) is 1.60. The second-order valence-corrected chi connectivity index (χ2v) is 43.3. The highest BCUT2D eigenvalue weighted by Gasteiger charge is 2.57. The molecule has 10 aliphatic rings. The number of piperidine rings is 5. The molecule has 5 saturated heterocycles. The van der Waals surface area contributed by atoms with E-state index in [-0.39, 0.29) is 120 Å². The van der Waals surface area contributed by atoms with Crippen molar-refractivity contribution in [2.45, 2.75) is 312 Å². The number of hydrogen-bond acceptors (Lipinski definition) is 21. The summed E-state index contributed by atoms with van der Waals surface area (Å²) in [7, 11) is 3.95. The molecule has 0 spiro atoms. The molecular weight excluding hydrogens is 1800 g/mol. The van der Waals surface area contributed by atoms with E-state index >= 15 is 0 Å². The Hall–Kier alpha value is -12.2. The number of rotatable bonds is 25. The largest absolute Gasteiger partial charge is 0.365 e. The lowest BCUT2D eigenvalue weighted by Gasteiger charge is -2.41. The maximum atomic E-state index is 14.4. The summed E-state index contributed by atoms with van der Waals surface area (Å²) in [5, 5.41) is 21.8. The smallest absolute Gasteiger partial charge is 0.249 e. The summed E-state index contributed by atoms with van der Waals surface area (Å²) < 4.78 is 71.6. The highest BCUT2D eigenvalue weighted by atomic mass is 19.2. The molecule has 20 rings (SSSR count). The molecule has 10 N–H and O–H groups in total. The Morgan fingerprint density at radius 2 is 0.610 bits per heavy atom. The number of fused-ring (bicyclic) bond motifs is 5. The van der Waals surface area contributed by atoms with Crippen molar-refractivity contribution in [1.29, 1.82) is 0 Å². The van der Waals surface area contributed by atoms with Crippen molar-refractivity contribution in [3.05, 3.63) is 153 Å². The molecule has 756 valence electrons. The molecule has 10 aromatic rings. The number of aromatic amines is 5. The summed E-state index contributed by atoms with van der Waals surface area (Å²) in [5.74, 6) is 4.06. The molecule has 5 aliphatic carbocycles. The molecule has 5 aliphatic heterocycles. The van der Waals surface area contributed by atoms with Gasteiger partial charge in [-0.15, -0.1) is 0 Å². The summed E-state index contributed by atoms with van der Waals surface area (Å²) in [6.07, 6.45) is 36.5. The Kier molecular flexibility index (Phi) is 29.6. The van der Waals surface area contributed by atoms with Crippen LogP contribution in [0.1, 0.15) is 251 Å². The second-order valence-electron chi connectivity index (χ2n) is 43.3. The van der Waals surface area contributed by atoms with Crippen molar-refractivity contribution in [3.8, 4) is 0 Å². The Labute approximate surface area is 821 Å². The number of halogens is 5. The Morgan fingerprint density at radius 1 is 0.383 bits per heavy atom. The van der Waals surface area contributed by atoms with Gasteiger partial charge in [-0.2, -0.15) is 0 Å². The average molecular weight is 1940 g/mol. The van der Waals surface area contributed by atoms with Crippen molar-refractivity contribution in [2.75, 3.05) is 79.9 Å². The third-order valence-corrected chi connectivity index (χ3v) is 30.9. The zero-order valence-electron chi connectivity index (χ0n) is 84.3. The SMILES string of the molecule is C=C(C)C(=O)N1C[C@H](Nc2ncnc3[nH]cc([C@H]4CC4(C)F)c23)CC[C@@H]1C.C=CC(=O)N1C[C@@H](Nc2ncnc3[nH]cc([C@H]4CC4(C)F)c23)CC[C@H]1C(C)C.C=CC(=O)N1C[C@H](Nc2ncnc3[nH]cc([C@@H]4CC4(C)F)c23)CC[C@@H]1C(C)C.C=CC(=O)N1C[C@H](Nc2ncnc3[nH]cc([C@H]4CC4(C)F)c23)CC[C@@H]1C(C)C.C[C@H]1CC[C@@H](Nc2ncnc3[nH]cc([C@@H]4CC4(C)F)c23)CN1C(=O)/C=C/CN(C)C. The van der Waals surface area contributed by atoms with E-state index < -0.39 is 28.3 Å². The van der Waals surface area contributed by atoms with E-state index in [1.807, 2.05) is 80.6 Å².